The Morgan fingerprint density at radius 1 is 1.67 bits per heavy atom. The Hall–Kier alpha value is -0.700. The van der Waals surface area contributed by atoms with Crippen molar-refractivity contribution < 1.29 is 8.42 Å². The van der Waals surface area contributed by atoms with Crippen LogP contribution in [0, 0.1) is 0 Å². The molecule has 1 aromatic heterocycles. The van der Waals surface area contributed by atoms with Crippen molar-refractivity contribution in [2.45, 2.75) is 18.4 Å². The number of nitrogens with two attached hydrogens (primary N) is 1. The molecule has 0 spiro atoms. The smallest absolute Gasteiger partial charge is 0.262 e. The molecule has 0 radical (unpaired) electrons. The highest BCUT2D eigenvalue weighted by Crippen LogP contribution is 2.23. The van der Waals surface area contributed by atoms with Crippen molar-refractivity contribution in [3.63, 3.8) is 0 Å². The number of hydrogen-bond acceptors (Lipinski definition) is 4. The van der Waals surface area contributed by atoms with Gasteiger partial charge in [0, 0.05) is 13.6 Å². The number of rotatable bonds is 6. The van der Waals surface area contributed by atoms with E-state index in [1.807, 2.05) is 6.92 Å². The first-order chi connectivity index (χ1) is 8.30. The van der Waals surface area contributed by atoms with Gasteiger partial charge in [-0.05, 0) is 6.42 Å². The van der Waals surface area contributed by atoms with Crippen molar-refractivity contribution in [3.05, 3.63) is 11.2 Å². The zero-order valence-corrected chi connectivity index (χ0v) is 12.5. The van der Waals surface area contributed by atoms with Gasteiger partial charge in [0.1, 0.15) is 0 Å². The number of aryl methyl sites for hydroxylation is 1. The third kappa shape index (κ3) is 3.19. The molecule has 0 aliphatic heterocycles. The van der Waals surface area contributed by atoms with Gasteiger partial charge in [0.15, 0.2) is 5.03 Å². The number of hydrogen-bond donors (Lipinski definition) is 1. The van der Waals surface area contributed by atoms with Crippen molar-refractivity contribution in [3.8, 4) is 0 Å². The fourth-order valence-electron chi connectivity index (χ4n) is 1.52. The summed E-state index contributed by atoms with van der Waals surface area (Å²) < 4.78 is 27.3. The lowest BCUT2D eigenvalue weighted by atomic mass is 10.5. The van der Waals surface area contributed by atoms with Crippen LogP contribution in [-0.4, -0.2) is 40.6 Å². The zero-order valence-electron chi connectivity index (χ0n) is 10.1. The maximum Gasteiger partial charge on any atom is 0.262 e. The lowest BCUT2D eigenvalue weighted by Gasteiger charge is -2.21. The van der Waals surface area contributed by atoms with Crippen LogP contribution in [0.15, 0.2) is 11.2 Å². The highest BCUT2D eigenvalue weighted by atomic mass is 35.5. The van der Waals surface area contributed by atoms with Crippen LogP contribution in [0.25, 0.3) is 0 Å². The van der Waals surface area contributed by atoms with E-state index < -0.39 is 10.0 Å². The van der Waals surface area contributed by atoms with Gasteiger partial charge in [0.2, 0.25) is 0 Å². The maximum atomic E-state index is 12.4. The molecule has 0 atom stereocenters. The molecule has 0 saturated carbocycles. The Morgan fingerprint density at radius 2 is 2.28 bits per heavy atom. The minimum absolute atomic E-state index is 0.00693. The molecule has 6 nitrogen and oxygen atoms in total. The largest absolute Gasteiger partial charge is 0.392 e. The first kappa shape index (κ1) is 15.4. The minimum atomic E-state index is -3.74. The Morgan fingerprint density at radius 3 is 2.67 bits per heavy atom. The predicted octanol–water partition coefficient (Wildman–Crippen LogP) is 0.760. The van der Waals surface area contributed by atoms with Crippen molar-refractivity contribution in [2.75, 3.05) is 13.1 Å². The first-order valence-corrected chi connectivity index (χ1v) is 7.49. The van der Waals surface area contributed by atoms with Crippen LogP contribution in [-0.2, 0) is 17.1 Å². The van der Waals surface area contributed by atoms with Gasteiger partial charge in [0.25, 0.3) is 10.0 Å². The number of aromatic nitrogens is 2. The quantitative estimate of drug-likeness (QED) is 0.785. The molecule has 0 amide bonds. The van der Waals surface area contributed by atoms with E-state index in [1.165, 1.54) is 22.2 Å². The zero-order chi connectivity index (χ0) is 13.9. The minimum Gasteiger partial charge on any atom is -0.392 e. The van der Waals surface area contributed by atoms with E-state index in [4.69, 9.17) is 29.6 Å². The summed E-state index contributed by atoms with van der Waals surface area (Å²) in [6, 6.07) is 0. The topological polar surface area (TPSA) is 81.2 Å². The summed E-state index contributed by atoms with van der Waals surface area (Å²) in [5, 5.41) is 3.86. The van der Waals surface area contributed by atoms with Crippen molar-refractivity contribution in [2.24, 2.45) is 12.8 Å². The van der Waals surface area contributed by atoms with Crippen LogP contribution in [0.1, 0.15) is 13.3 Å². The Labute approximate surface area is 117 Å². The van der Waals surface area contributed by atoms with E-state index in [-0.39, 0.29) is 21.6 Å². The molecule has 1 rings (SSSR count). The number of nitrogens with zero attached hydrogens (tertiary/aromatic N) is 3. The van der Waals surface area contributed by atoms with Crippen LogP contribution in [0.2, 0.25) is 5.02 Å². The average Bonchev–Trinajstić information content (AvgIpc) is 2.57. The van der Waals surface area contributed by atoms with Gasteiger partial charge in [-0.1, -0.05) is 30.7 Å². The van der Waals surface area contributed by atoms with Crippen LogP contribution < -0.4 is 5.73 Å². The number of halogens is 1. The molecule has 0 aromatic carbocycles. The average molecular weight is 311 g/mol. The van der Waals surface area contributed by atoms with Gasteiger partial charge >= 0.3 is 0 Å². The highest BCUT2D eigenvalue weighted by Gasteiger charge is 2.29. The van der Waals surface area contributed by atoms with Gasteiger partial charge in [0.05, 0.1) is 22.8 Å². The Kier molecular flexibility index (Phi) is 5.09. The van der Waals surface area contributed by atoms with Crippen LogP contribution in [0.5, 0.6) is 0 Å². The lowest BCUT2D eigenvalue weighted by molar-refractivity contribution is 0.442. The van der Waals surface area contributed by atoms with Gasteiger partial charge in [-0.15, -0.1) is 0 Å². The van der Waals surface area contributed by atoms with Gasteiger partial charge in [-0.3, -0.25) is 4.68 Å². The SMILES string of the molecule is CCCN(CC(N)=S)S(=O)(=O)c1c(Cl)cnn1C. The van der Waals surface area contributed by atoms with Crippen molar-refractivity contribution in [1.29, 1.82) is 0 Å². The molecule has 18 heavy (non-hydrogen) atoms. The molecule has 9 heteroatoms. The fraction of sp³-hybridized carbons (Fsp3) is 0.556. The normalized spacial score (nSPS) is 12.0. The molecule has 0 saturated heterocycles. The molecule has 0 fully saturated rings. The number of sulfonamides is 1. The van der Waals surface area contributed by atoms with E-state index in [0.29, 0.717) is 13.0 Å². The van der Waals surface area contributed by atoms with Crippen LogP contribution in [0.3, 0.4) is 0 Å². The highest BCUT2D eigenvalue weighted by molar-refractivity contribution is 7.89. The summed E-state index contributed by atoms with van der Waals surface area (Å²) in [4.78, 5) is 0.116. The van der Waals surface area contributed by atoms with Crippen molar-refractivity contribution >= 4 is 38.8 Å². The van der Waals surface area contributed by atoms with E-state index >= 15 is 0 Å². The van der Waals surface area contributed by atoms with E-state index in [0.717, 1.165) is 0 Å². The second-order valence-electron chi connectivity index (χ2n) is 3.73. The lowest BCUT2D eigenvalue weighted by Crippen LogP contribution is -2.39. The van der Waals surface area contributed by atoms with Crippen molar-refractivity contribution in [1.82, 2.24) is 14.1 Å². The first-order valence-electron chi connectivity index (χ1n) is 5.26. The molecule has 2 N–H and O–H groups in total. The summed E-state index contributed by atoms with van der Waals surface area (Å²) in [7, 11) is -2.22. The molecule has 0 bridgehead atoms. The van der Waals surface area contributed by atoms with Gasteiger partial charge < -0.3 is 5.73 Å². The molecular formula is C9H15ClN4O2S2. The summed E-state index contributed by atoms with van der Waals surface area (Å²) in [5.41, 5.74) is 5.42. The van der Waals surface area contributed by atoms with Crippen LogP contribution >= 0.6 is 23.8 Å². The van der Waals surface area contributed by atoms with E-state index in [1.54, 1.807) is 0 Å². The van der Waals surface area contributed by atoms with Crippen LogP contribution in [0.4, 0.5) is 0 Å². The molecule has 1 aromatic rings. The number of thiocarbonyl (C=S) groups is 1. The molecule has 0 aliphatic carbocycles. The second kappa shape index (κ2) is 5.96. The third-order valence-corrected chi connectivity index (χ3v) is 4.71. The molecular weight excluding hydrogens is 296 g/mol. The van der Waals surface area contributed by atoms with Gasteiger partial charge in [-0.25, -0.2) is 8.42 Å². The Balaban J connectivity index is 3.21. The second-order valence-corrected chi connectivity index (χ2v) is 6.51. The third-order valence-electron chi connectivity index (χ3n) is 2.23. The van der Waals surface area contributed by atoms with Gasteiger partial charge in [-0.2, -0.15) is 9.40 Å². The fourth-order valence-corrected chi connectivity index (χ4v) is 3.87. The standard InChI is InChI=1S/C9H15ClN4O2S2/c1-3-4-14(6-8(11)17)18(15,16)9-7(10)5-12-13(9)2/h5H,3-4,6H2,1-2H3,(H2,11,17). The monoisotopic (exact) mass is 310 g/mol. The Bertz CT molecular complexity index is 521. The summed E-state index contributed by atoms with van der Waals surface area (Å²) in [6.07, 6.45) is 1.94. The maximum absolute atomic E-state index is 12.4. The molecule has 102 valence electrons. The molecule has 0 aliphatic rings. The van der Waals surface area contributed by atoms with E-state index in [9.17, 15) is 8.42 Å². The summed E-state index contributed by atoms with van der Waals surface area (Å²) in [6.45, 7) is 2.18. The predicted molar refractivity (Wildman–Crippen MR) is 74.1 cm³/mol. The summed E-state index contributed by atoms with van der Waals surface area (Å²) in [5.74, 6) is 0. The summed E-state index contributed by atoms with van der Waals surface area (Å²) >= 11 is 10.6. The van der Waals surface area contributed by atoms with E-state index in [2.05, 4.69) is 5.10 Å². The molecule has 1 heterocycles. The molecule has 0 unspecified atom stereocenters.